The summed E-state index contributed by atoms with van der Waals surface area (Å²) < 4.78 is 14.7. The average Bonchev–Trinajstić information content (AvgIpc) is 2.71. The highest BCUT2D eigenvalue weighted by Gasteiger charge is 1.97. The molecule has 0 aromatic carbocycles. The van der Waals surface area contributed by atoms with Crippen LogP contribution in [0, 0.1) is 12.7 Å². The average molecular weight is 234 g/mol. The molecule has 0 spiro atoms. The highest BCUT2D eigenvalue weighted by molar-refractivity contribution is 5.09. The molecule has 0 radical (unpaired) electrons. The Kier molecular flexibility index (Phi) is 3.82. The van der Waals surface area contributed by atoms with Crippen molar-refractivity contribution < 1.29 is 4.39 Å². The molecule has 0 fully saturated rings. The first-order valence-corrected chi connectivity index (χ1v) is 5.53. The second-order valence-electron chi connectivity index (χ2n) is 3.97. The van der Waals surface area contributed by atoms with Crippen molar-refractivity contribution in [2.45, 2.75) is 20.0 Å². The van der Waals surface area contributed by atoms with Gasteiger partial charge in [-0.1, -0.05) is 0 Å². The zero-order valence-corrected chi connectivity index (χ0v) is 9.73. The lowest BCUT2D eigenvalue weighted by Gasteiger charge is -2.04. The molecule has 2 rings (SSSR count). The fraction of sp³-hybridized carbons (Fsp3) is 0.333. The molecule has 0 atom stereocenters. The monoisotopic (exact) mass is 234 g/mol. The molecule has 0 amide bonds. The normalized spacial score (nSPS) is 10.7. The number of nitrogens with zero attached hydrogens (tertiary/aromatic N) is 3. The van der Waals surface area contributed by atoms with Crippen molar-refractivity contribution >= 4 is 0 Å². The van der Waals surface area contributed by atoms with Gasteiger partial charge in [0.1, 0.15) is 5.82 Å². The van der Waals surface area contributed by atoms with Crippen LogP contribution in [0.25, 0.3) is 0 Å². The highest BCUT2D eigenvalue weighted by Crippen LogP contribution is 2.00. The van der Waals surface area contributed by atoms with E-state index in [2.05, 4.69) is 15.4 Å². The van der Waals surface area contributed by atoms with Gasteiger partial charge in [0.2, 0.25) is 0 Å². The minimum atomic E-state index is -0.299. The van der Waals surface area contributed by atoms with Crippen LogP contribution in [0.4, 0.5) is 4.39 Å². The van der Waals surface area contributed by atoms with Crippen molar-refractivity contribution in [3.8, 4) is 0 Å². The zero-order valence-electron chi connectivity index (χ0n) is 9.73. The Bertz CT molecular complexity index is 481. The van der Waals surface area contributed by atoms with Gasteiger partial charge in [0.15, 0.2) is 0 Å². The van der Waals surface area contributed by atoms with Crippen LogP contribution < -0.4 is 5.32 Å². The van der Waals surface area contributed by atoms with E-state index < -0.39 is 0 Å². The SMILES string of the molecule is Cc1cnn(CCNCc2cncc(F)c2)c1. The van der Waals surface area contributed by atoms with Crippen LogP contribution in [0.2, 0.25) is 0 Å². The highest BCUT2D eigenvalue weighted by atomic mass is 19.1. The summed E-state index contributed by atoms with van der Waals surface area (Å²) in [6.45, 7) is 4.22. The summed E-state index contributed by atoms with van der Waals surface area (Å²) in [5.74, 6) is -0.299. The Morgan fingerprint density at radius 2 is 2.24 bits per heavy atom. The Morgan fingerprint density at radius 1 is 1.35 bits per heavy atom. The number of pyridine rings is 1. The molecule has 17 heavy (non-hydrogen) atoms. The molecule has 0 aliphatic heterocycles. The number of hydrogen-bond acceptors (Lipinski definition) is 3. The second-order valence-corrected chi connectivity index (χ2v) is 3.97. The first-order valence-electron chi connectivity index (χ1n) is 5.53. The van der Waals surface area contributed by atoms with Gasteiger partial charge in [-0.3, -0.25) is 9.67 Å². The van der Waals surface area contributed by atoms with E-state index in [0.29, 0.717) is 6.54 Å². The van der Waals surface area contributed by atoms with Gasteiger partial charge in [-0.05, 0) is 24.1 Å². The van der Waals surface area contributed by atoms with Gasteiger partial charge >= 0.3 is 0 Å². The summed E-state index contributed by atoms with van der Waals surface area (Å²) in [6.07, 6.45) is 6.69. The Hall–Kier alpha value is -1.75. The molecule has 1 N–H and O–H groups in total. The van der Waals surface area contributed by atoms with Crippen LogP contribution in [0.5, 0.6) is 0 Å². The van der Waals surface area contributed by atoms with Gasteiger partial charge in [0.25, 0.3) is 0 Å². The molecule has 0 aliphatic carbocycles. The lowest BCUT2D eigenvalue weighted by molar-refractivity contribution is 0.551. The van der Waals surface area contributed by atoms with E-state index in [1.54, 1.807) is 6.20 Å². The summed E-state index contributed by atoms with van der Waals surface area (Å²) in [4.78, 5) is 3.79. The molecule has 0 saturated heterocycles. The standard InChI is InChI=1S/C12H15FN4/c1-10-5-16-17(9-10)3-2-14-6-11-4-12(13)8-15-7-11/h4-5,7-9,14H,2-3,6H2,1H3. The third kappa shape index (κ3) is 3.64. The zero-order chi connectivity index (χ0) is 12.1. The number of halogens is 1. The van der Waals surface area contributed by atoms with E-state index in [-0.39, 0.29) is 5.82 Å². The van der Waals surface area contributed by atoms with Crippen LogP contribution in [-0.2, 0) is 13.1 Å². The maximum absolute atomic E-state index is 12.8. The summed E-state index contributed by atoms with van der Waals surface area (Å²) in [5, 5.41) is 7.40. The van der Waals surface area contributed by atoms with Crippen LogP contribution in [0.3, 0.4) is 0 Å². The molecule has 2 aromatic heterocycles. The Morgan fingerprint density at radius 3 is 2.94 bits per heavy atom. The lowest BCUT2D eigenvalue weighted by atomic mass is 10.3. The molecular weight excluding hydrogens is 219 g/mol. The van der Waals surface area contributed by atoms with E-state index in [4.69, 9.17) is 0 Å². The first kappa shape index (κ1) is 11.7. The number of aryl methyl sites for hydroxylation is 1. The van der Waals surface area contributed by atoms with Gasteiger partial charge in [-0.25, -0.2) is 4.39 Å². The van der Waals surface area contributed by atoms with Crippen molar-refractivity contribution in [3.63, 3.8) is 0 Å². The smallest absolute Gasteiger partial charge is 0.141 e. The Balaban J connectivity index is 1.73. The lowest BCUT2D eigenvalue weighted by Crippen LogP contribution is -2.19. The van der Waals surface area contributed by atoms with Gasteiger partial charge < -0.3 is 5.32 Å². The molecule has 90 valence electrons. The predicted octanol–water partition coefficient (Wildman–Crippen LogP) is 1.52. The Labute approximate surface area is 99.5 Å². The molecule has 2 aromatic rings. The van der Waals surface area contributed by atoms with Gasteiger partial charge in [-0.2, -0.15) is 5.10 Å². The number of hydrogen-bond donors (Lipinski definition) is 1. The van der Waals surface area contributed by atoms with Crippen molar-refractivity contribution in [3.05, 3.63) is 47.8 Å². The van der Waals surface area contributed by atoms with Crippen LogP contribution in [0.1, 0.15) is 11.1 Å². The van der Waals surface area contributed by atoms with E-state index >= 15 is 0 Å². The third-order valence-electron chi connectivity index (χ3n) is 2.37. The van der Waals surface area contributed by atoms with Crippen LogP contribution in [0.15, 0.2) is 30.9 Å². The summed E-state index contributed by atoms with van der Waals surface area (Å²) in [7, 11) is 0. The van der Waals surface area contributed by atoms with Crippen LogP contribution in [-0.4, -0.2) is 21.3 Å². The van der Waals surface area contributed by atoms with Crippen molar-refractivity contribution in [2.75, 3.05) is 6.54 Å². The van der Waals surface area contributed by atoms with Crippen molar-refractivity contribution in [1.82, 2.24) is 20.1 Å². The van der Waals surface area contributed by atoms with Crippen molar-refractivity contribution in [1.29, 1.82) is 0 Å². The maximum atomic E-state index is 12.8. The molecule has 5 heteroatoms. The topological polar surface area (TPSA) is 42.7 Å². The minimum absolute atomic E-state index is 0.299. The quantitative estimate of drug-likeness (QED) is 0.797. The molecule has 0 saturated carbocycles. The molecule has 0 bridgehead atoms. The molecule has 2 heterocycles. The van der Waals surface area contributed by atoms with Crippen LogP contribution >= 0.6 is 0 Å². The van der Waals surface area contributed by atoms with E-state index in [9.17, 15) is 4.39 Å². The summed E-state index contributed by atoms with van der Waals surface area (Å²) in [6, 6.07) is 1.48. The fourth-order valence-corrected chi connectivity index (χ4v) is 1.57. The molecule has 0 unspecified atom stereocenters. The number of nitrogens with one attached hydrogen (secondary N) is 1. The van der Waals surface area contributed by atoms with Gasteiger partial charge in [0, 0.05) is 25.5 Å². The molecule has 4 nitrogen and oxygen atoms in total. The third-order valence-corrected chi connectivity index (χ3v) is 2.37. The van der Waals surface area contributed by atoms with Gasteiger partial charge in [-0.15, -0.1) is 0 Å². The molecular formula is C12H15FN4. The summed E-state index contributed by atoms with van der Waals surface area (Å²) in [5.41, 5.74) is 2.00. The summed E-state index contributed by atoms with van der Waals surface area (Å²) >= 11 is 0. The fourth-order valence-electron chi connectivity index (χ4n) is 1.57. The predicted molar refractivity (Wildman–Crippen MR) is 62.9 cm³/mol. The molecule has 0 aliphatic rings. The number of rotatable bonds is 5. The van der Waals surface area contributed by atoms with Gasteiger partial charge in [0.05, 0.1) is 18.9 Å². The van der Waals surface area contributed by atoms with E-state index in [1.165, 1.54) is 12.3 Å². The minimum Gasteiger partial charge on any atom is -0.311 e. The first-order chi connectivity index (χ1) is 8.24. The van der Waals surface area contributed by atoms with E-state index in [1.807, 2.05) is 24.0 Å². The second kappa shape index (κ2) is 5.54. The largest absolute Gasteiger partial charge is 0.311 e. The number of aromatic nitrogens is 3. The van der Waals surface area contributed by atoms with Crippen molar-refractivity contribution in [2.24, 2.45) is 0 Å². The maximum Gasteiger partial charge on any atom is 0.141 e. The van der Waals surface area contributed by atoms with E-state index in [0.717, 1.165) is 24.2 Å².